The number of hydrogen-bond donors (Lipinski definition) is 1. The Labute approximate surface area is 88.2 Å². The number of methoxy groups -OCH3 is 1. The molecule has 1 rings (SSSR count). The van der Waals surface area contributed by atoms with Crippen molar-refractivity contribution in [3.63, 3.8) is 0 Å². The molecule has 0 fully saturated rings. The first-order valence-electron chi connectivity index (χ1n) is 4.61. The van der Waals surface area contributed by atoms with Gasteiger partial charge in [-0.15, -0.1) is 0 Å². The minimum Gasteiger partial charge on any atom is -0.461 e. The first-order valence-corrected chi connectivity index (χ1v) is 4.61. The number of rotatable bonds is 5. The molecule has 0 bridgehead atoms. The van der Waals surface area contributed by atoms with Crippen LogP contribution in [0.15, 0.2) is 18.3 Å². The molecule has 1 aromatic rings. The summed E-state index contributed by atoms with van der Waals surface area (Å²) in [5.74, 6) is -0.439. The summed E-state index contributed by atoms with van der Waals surface area (Å²) in [5, 5.41) is 0. The van der Waals surface area contributed by atoms with Crippen LogP contribution in [-0.4, -0.2) is 31.3 Å². The van der Waals surface area contributed by atoms with Crippen molar-refractivity contribution in [1.82, 2.24) is 4.98 Å². The SMILES string of the molecule is COCCCOC(=O)c1ccc(N)cn1. The van der Waals surface area contributed by atoms with E-state index >= 15 is 0 Å². The molecule has 82 valence electrons. The second-order valence-corrected chi connectivity index (χ2v) is 2.96. The van der Waals surface area contributed by atoms with Crippen LogP contribution in [0.5, 0.6) is 0 Å². The zero-order valence-electron chi connectivity index (χ0n) is 8.60. The molecule has 0 saturated carbocycles. The Morgan fingerprint density at radius 2 is 2.27 bits per heavy atom. The highest BCUT2D eigenvalue weighted by atomic mass is 16.5. The molecule has 0 aliphatic heterocycles. The molecule has 0 amide bonds. The third-order valence-corrected chi connectivity index (χ3v) is 1.72. The van der Waals surface area contributed by atoms with Crippen molar-refractivity contribution in [3.8, 4) is 0 Å². The Bertz CT molecular complexity index is 311. The fraction of sp³-hybridized carbons (Fsp3) is 0.400. The van der Waals surface area contributed by atoms with Gasteiger partial charge in [-0.2, -0.15) is 0 Å². The molecule has 0 unspecified atom stereocenters. The lowest BCUT2D eigenvalue weighted by Crippen LogP contribution is -2.09. The Morgan fingerprint density at radius 1 is 1.47 bits per heavy atom. The minimum atomic E-state index is -0.439. The van der Waals surface area contributed by atoms with Gasteiger partial charge in [0.25, 0.3) is 0 Å². The van der Waals surface area contributed by atoms with E-state index in [1.54, 1.807) is 13.2 Å². The Hall–Kier alpha value is -1.62. The molecule has 0 spiro atoms. The number of esters is 1. The van der Waals surface area contributed by atoms with E-state index in [4.69, 9.17) is 15.2 Å². The fourth-order valence-electron chi connectivity index (χ4n) is 0.968. The standard InChI is InChI=1S/C10H14N2O3/c1-14-5-2-6-15-10(13)9-4-3-8(11)7-12-9/h3-4,7H,2,5-6,11H2,1H3. The summed E-state index contributed by atoms with van der Waals surface area (Å²) in [5.41, 5.74) is 6.22. The monoisotopic (exact) mass is 210 g/mol. The van der Waals surface area contributed by atoms with Gasteiger partial charge in [-0.05, 0) is 12.1 Å². The van der Waals surface area contributed by atoms with Crippen LogP contribution in [-0.2, 0) is 9.47 Å². The summed E-state index contributed by atoms with van der Waals surface area (Å²) in [4.78, 5) is 15.2. The van der Waals surface area contributed by atoms with Gasteiger partial charge in [-0.3, -0.25) is 0 Å². The Balaban J connectivity index is 2.37. The number of hydrogen-bond acceptors (Lipinski definition) is 5. The molecule has 0 radical (unpaired) electrons. The molecule has 0 atom stereocenters. The van der Waals surface area contributed by atoms with Gasteiger partial charge in [-0.1, -0.05) is 0 Å². The zero-order valence-corrected chi connectivity index (χ0v) is 8.60. The highest BCUT2D eigenvalue weighted by Gasteiger charge is 2.07. The highest BCUT2D eigenvalue weighted by Crippen LogP contribution is 2.02. The van der Waals surface area contributed by atoms with Gasteiger partial charge in [0.15, 0.2) is 0 Å². The van der Waals surface area contributed by atoms with Crippen molar-refractivity contribution in [1.29, 1.82) is 0 Å². The van der Waals surface area contributed by atoms with Gasteiger partial charge in [-0.25, -0.2) is 9.78 Å². The Kier molecular flexibility index (Phi) is 4.56. The van der Waals surface area contributed by atoms with Crippen molar-refractivity contribution in [3.05, 3.63) is 24.0 Å². The van der Waals surface area contributed by atoms with Gasteiger partial charge in [0.2, 0.25) is 0 Å². The summed E-state index contributed by atoms with van der Waals surface area (Å²) in [6.45, 7) is 0.904. The maximum atomic E-state index is 11.4. The summed E-state index contributed by atoms with van der Waals surface area (Å²) in [6, 6.07) is 3.15. The van der Waals surface area contributed by atoms with Crippen LogP contribution in [0, 0.1) is 0 Å². The van der Waals surface area contributed by atoms with E-state index in [1.807, 2.05) is 0 Å². The predicted molar refractivity (Wildman–Crippen MR) is 55.4 cm³/mol. The van der Waals surface area contributed by atoms with E-state index in [1.165, 1.54) is 12.3 Å². The molecular weight excluding hydrogens is 196 g/mol. The molecule has 1 aromatic heterocycles. The summed E-state index contributed by atoms with van der Waals surface area (Å²) < 4.78 is 9.77. The number of aromatic nitrogens is 1. The lowest BCUT2D eigenvalue weighted by atomic mass is 10.3. The average molecular weight is 210 g/mol. The number of carbonyl (C=O) groups is 1. The number of nitrogen functional groups attached to an aromatic ring is 1. The molecule has 1 heterocycles. The number of pyridine rings is 1. The molecule has 0 saturated heterocycles. The summed E-state index contributed by atoms with van der Waals surface area (Å²) in [6.07, 6.45) is 2.10. The van der Waals surface area contributed by atoms with Crippen molar-refractivity contribution < 1.29 is 14.3 Å². The van der Waals surface area contributed by atoms with Crippen LogP contribution in [0.4, 0.5) is 5.69 Å². The third kappa shape index (κ3) is 3.95. The van der Waals surface area contributed by atoms with Gasteiger partial charge in [0.1, 0.15) is 5.69 Å². The number of anilines is 1. The van der Waals surface area contributed by atoms with Gasteiger partial charge >= 0.3 is 5.97 Å². The van der Waals surface area contributed by atoms with E-state index < -0.39 is 5.97 Å². The first kappa shape index (κ1) is 11.5. The third-order valence-electron chi connectivity index (χ3n) is 1.72. The van der Waals surface area contributed by atoms with Crippen LogP contribution in [0.25, 0.3) is 0 Å². The Morgan fingerprint density at radius 3 is 2.87 bits per heavy atom. The van der Waals surface area contributed by atoms with Crippen LogP contribution in [0.1, 0.15) is 16.9 Å². The van der Waals surface area contributed by atoms with Crippen molar-refractivity contribution >= 4 is 11.7 Å². The van der Waals surface area contributed by atoms with Gasteiger partial charge in [0.05, 0.1) is 18.5 Å². The number of nitrogens with zero attached hydrogens (tertiary/aromatic N) is 1. The predicted octanol–water partition coefficient (Wildman–Crippen LogP) is 0.857. The van der Waals surface area contributed by atoms with Gasteiger partial charge in [0, 0.05) is 20.1 Å². The number of nitrogens with two attached hydrogens (primary N) is 1. The van der Waals surface area contributed by atoms with Crippen molar-refractivity contribution in [2.45, 2.75) is 6.42 Å². The largest absolute Gasteiger partial charge is 0.461 e. The summed E-state index contributed by atoms with van der Waals surface area (Å²) in [7, 11) is 1.60. The topological polar surface area (TPSA) is 74.4 Å². The number of ether oxygens (including phenoxy) is 2. The molecule has 0 aromatic carbocycles. The quantitative estimate of drug-likeness (QED) is 0.576. The molecule has 15 heavy (non-hydrogen) atoms. The molecule has 0 aliphatic rings. The summed E-state index contributed by atoms with van der Waals surface area (Å²) >= 11 is 0. The van der Waals surface area contributed by atoms with E-state index in [2.05, 4.69) is 4.98 Å². The fourth-order valence-corrected chi connectivity index (χ4v) is 0.968. The maximum Gasteiger partial charge on any atom is 0.356 e. The smallest absolute Gasteiger partial charge is 0.356 e. The molecule has 0 aliphatic carbocycles. The molecule has 5 heteroatoms. The number of carbonyl (C=O) groups excluding carboxylic acids is 1. The lowest BCUT2D eigenvalue weighted by molar-refractivity contribution is 0.0462. The maximum absolute atomic E-state index is 11.4. The average Bonchev–Trinajstić information content (AvgIpc) is 2.25. The molecule has 5 nitrogen and oxygen atoms in total. The molecule has 2 N–H and O–H groups in total. The highest BCUT2D eigenvalue weighted by molar-refractivity contribution is 5.87. The van der Waals surface area contributed by atoms with E-state index in [0.29, 0.717) is 25.3 Å². The van der Waals surface area contributed by atoms with Crippen LogP contribution in [0.3, 0.4) is 0 Å². The van der Waals surface area contributed by atoms with Crippen molar-refractivity contribution in [2.24, 2.45) is 0 Å². The van der Waals surface area contributed by atoms with Gasteiger partial charge < -0.3 is 15.2 Å². The second-order valence-electron chi connectivity index (χ2n) is 2.96. The molecular formula is C10H14N2O3. The lowest BCUT2D eigenvalue weighted by Gasteiger charge is -2.03. The minimum absolute atomic E-state index is 0.265. The van der Waals surface area contributed by atoms with Crippen LogP contribution < -0.4 is 5.73 Å². The first-order chi connectivity index (χ1) is 7.24. The zero-order chi connectivity index (χ0) is 11.1. The van der Waals surface area contributed by atoms with E-state index in [0.717, 1.165) is 0 Å². The van der Waals surface area contributed by atoms with Crippen molar-refractivity contribution in [2.75, 3.05) is 26.1 Å². The van der Waals surface area contributed by atoms with E-state index in [-0.39, 0.29) is 5.69 Å². The van der Waals surface area contributed by atoms with Crippen LogP contribution in [0.2, 0.25) is 0 Å². The second kappa shape index (κ2) is 5.98. The normalized spacial score (nSPS) is 9.93. The van der Waals surface area contributed by atoms with Crippen LogP contribution >= 0.6 is 0 Å². The van der Waals surface area contributed by atoms with E-state index in [9.17, 15) is 4.79 Å².